The van der Waals surface area contributed by atoms with Gasteiger partial charge in [0.1, 0.15) is 0 Å². The second-order valence-corrected chi connectivity index (χ2v) is 3.35. The molecule has 0 aliphatic carbocycles. The summed E-state index contributed by atoms with van der Waals surface area (Å²) in [5.74, 6) is -0.186. The number of hydrogen-bond donors (Lipinski definition) is 0. The van der Waals surface area contributed by atoms with E-state index in [-0.39, 0.29) is 12.1 Å². The first kappa shape index (κ1) is 11.5. The Morgan fingerprint density at radius 3 is 3.00 bits per heavy atom. The predicted molar refractivity (Wildman–Crippen MR) is 51.0 cm³/mol. The normalized spacial score (nSPS) is 21.9. The van der Waals surface area contributed by atoms with E-state index in [0.717, 1.165) is 12.8 Å². The number of rotatable bonds is 5. The fourth-order valence-corrected chi connectivity index (χ4v) is 1.23. The van der Waals surface area contributed by atoms with Gasteiger partial charge in [0.25, 0.3) is 0 Å². The van der Waals surface area contributed by atoms with Crippen molar-refractivity contribution >= 4 is 5.97 Å². The average Bonchev–Trinajstić information content (AvgIpc) is 2.20. The van der Waals surface area contributed by atoms with Crippen LogP contribution in [0.1, 0.15) is 26.2 Å². The SMILES string of the molecule is CCCCOC(=O)CC1COCCO1. The fraction of sp³-hybridized carbons (Fsp3) is 0.900. The fourth-order valence-electron chi connectivity index (χ4n) is 1.23. The molecule has 1 aliphatic rings. The highest BCUT2D eigenvalue weighted by atomic mass is 16.6. The zero-order chi connectivity index (χ0) is 10.2. The van der Waals surface area contributed by atoms with Crippen molar-refractivity contribution in [3.05, 3.63) is 0 Å². The molecule has 0 saturated carbocycles. The summed E-state index contributed by atoms with van der Waals surface area (Å²) in [4.78, 5) is 11.2. The van der Waals surface area contributed by atoms with Crippen LogP contribution in [0.25, 0.3) is 0 Å². The Kier molecular flexibility index (Phi) is 5.56. The second kappa shape index (κ2) is 6.79. The van der Waals surface area contributed by atoms with Gasteiger partial charge in [0, 0.05) is 0 Å². The van der Waals surface area contributed by atoms with Crippen LogP contribution in [0.3, 0.4) is 0 Å². The van der Waals surface area contributed by atoms with Gasteiger partial charge in [-0.15, -0.1) is 0 Å². The third-order valence-corrected chi connectivity index (χ3v) is 2.04. The minimum Gasteiger partial charge on any atom is -0.466 e. The van der Waals surface area contributed by atoms with Crippen LogP contribution in [0.2, 0.25) is 0 Å². The largest absolute Gasteiger partial charge is 0.466 e. The van der Waals surface area contributed by atoms with Crippen LogP contribution < -0.4 is 0 Å². The van der Waals surface area contributed by atoms with Gasteiger partial charge in [0.05, 0.1) is 39.0 Å². The van der Waals surface area contributed by atoms with E-state index in [1.807, 2.05) is 0 Å². The monoisotopic (exact) mass is 202 g/mol. The van der Waals surface area contributed by atoms with E-state index in [9.17, 15) is 4.79 Å². The molecule has 1 fully saturated rings. The molecular weight excluding hydrogens is 184 g/mol. The van der Waals surface area contributed by atoms with Gasteiger partial charge in [-0.05, 0) is 6.42 Å². The van der Waals surface area contributed by atoms with Gasteiger partial charge in [0.2, 0.25) is 0 Å². The van der Waals surface area contributed by atoms with Crippen LogP contribution in [0.4, 0.5) is 0 Å². The Bertz CT molecular complexity index is 164. The van der Waals surface area contributed by atoms with E-state index in [1.165, 1.54) is 0 Å². The highest BCUT2D eigenvalue weighted by Crippen LogP contribution is 2.06. The lowest BCUT2D eigenvalue weighted by molar-refractivity contribution is -0.152. The molecule has 1 heterocycles. The third-order valence-electron chi connectivity index (χ3n) is 2.04. The van der Waals surface area contributed by atoms with Crippen LogP contribution in [0, 0.1) is 0 Å². The third kappa shape index (κ3) is 4.58. The van der Waals surface area contributed by atoms with Crippen molar-refractivity contribution in [3.63, 3.8) is 0 Å². The van der Waals surface area contributed by atoms with Crippen LogP contribution in [0.15, 0.2) is 0 Å². The molecule has 0 aromatic rings. The molecule has 0 bridgehead atoms. The van der Waals surface area contributed by atoms with Crippen molar-refractivity contribution in [3.8, 4) is 0 Å². The lowest BCUT2D eigenvalue weighted by atomic mass is 10.2. The summed E-state index contributed by atoms with van der Waals surface area (Å²) in [5.41, 5.74) is 0. The van der Waals surface area contributed by atoms with E-state index in [1.54, 1.807) is 0 Å². The maximum Gasteiger partial charge on any atom is 0.308 e. The van der Waals surface area contributed by atoms with Crippen molar-refractivity contribution in [1.82, 2.24) is 0 Å². The summed E-state index contributed by atoms with van der Waals surface area (Å²) in [7, 11) is 0. The molecule has 4 heteroatoms. The first-order valence-electron chi connectivity index (χ1n) is 5.18. The Balaban J connectivity index is 2.06. The molecule has 4 nitrogen and oxygen atoms in total. The summed E-state index contributed by atoms with van der Waals surface area (Å²) in [6.45, 7) is 4.28. The molecule has 1 aliphatic heterocycles. The van der Waals surface area contributed by atoms with E-state index in [2.05, 4.69) is 6.92 Å². The molecule has 0 amide bonds. The van der Waals surface area contributed by atoms with E-state index < -0.39 is 0 Å². The van der Waals surface area contributed by atoms with Gasteiger partial charge in [0.15, 0.2) is 0 Å². The van der Waals surface area contributed by atoms with Crippen LogP contribution in [-0.2, 0) is 19.0 Å². The van der Waals surface area contributed by atoms with Crippen molar-refractivity contribution in [2.24, 2.45) is 0 Å². The van der Waals surface area contributed by atoms with E-state index in [4.69, 9.17) is 14.2 Å². The smallest absolute Gasteiger partial charge is 0.308 e. The predicted octanol–water partition coefficient (Wildman–Crippen LogP) is 1.14. The molecule has 0 radical (unpaired) electrons. The molecule has 0 aromatic heterocycles. The summed E-state index contributed by atoms with van der Waals surface area (Å²) >= 11 is 0. The number of esters is 1. The molecule has 1 unspecified atom stereocenters. The highest BCUT2D eigenvalue weighted by molar-refractivity contribution is 5.69. The zero-order valence-corrected chi connectivity index (χ0v) is 8.66. The molecule has 1 atom stereocenters. The number of ether oxygens (including phenoxy) is 3. The number of carbonyl (C=O) groups excluding carboxylic acids is 1. The van der Waals surface area contributed by atoms with E-state index in [0.29, 0.717) is 32.8 Å². The highest BCUT2D eigenvalue weighted by Gasteiger charge is 2.18. The first-order chi connectivity index (χ1) is 6.83. The Labute approximate surface area is 84.5 Å². The van der Waals surface area contributed by atoms with Gasteiger partial charge in [-0.3, -0.25) is 4.79 Å². The average molecular weight is 202 g/mol. The summed E-state index contributed by atoms with van der Waals surface area (Å²) in [6.07, 6.45) is 2.16. The molecule has 1 rings (SSSR count). The maximum atomic E-state index is 11.2. The van der Waals surface area contributed by atoms with Gasteiger partial charge in [-0.1, -0.05) is 13.3 Å². The lowest BCUT2D eigenvalue weighted by Gasteiger charge is -2.21. The first-order valence-corrected chi connectivity index (χ1v) is 5.18. The second-order valence-electron chi connectivity index (χ2n) is 3.35. The van der Waals surface area contributed by atoms with Crippen LogP contribution >= 0.6 is 0 Å². The molecule has 0 N–H and O–H groups in total. The number of unbranched alkanes of at least 4 members (excludes halogenated alkanes) is 1. The van der Waals surface area contributed by atoms with Crippen molar-refractivity contribution < 1.29 is 19.0 Å². The van der Waals surface area contributed by atoms with Crippen LogP contribution in [-0.4, -0.2) is 38.5 Å². The maximum absolute atomic E-state index is 11.2. The van der Waals surface area contributed by atoms with Gasteiger partial charge >= 0.3 is 5.97 Å². The molecule has 0 spiro atoms. The van der Waals surface area contributed by atoms with E-state index >= 15 is 0 Å². The summed E-state index contributed by atoms with van der Waals surface area (Å²) in [5, 5.41) is 0. The minimum absolute atomic E-state index is 0.113. The van der Waals surface area contributed by atoms with Gasteiger partial charge in [-0.2, -0.15) is 0 Å². The van der Waals surface area contributed by atoms with Crippen molar-refractivity contribution in [2.75, 3.05) is 26.4 Å². The Morgan fingerprint density at radius 2 is 2.36 bits per heavy atom. The van der Waals surface area contributed by atoms with Crippen molar-refractivity contribution in [1.29, 1.82) is 0 Å². The number of hydrogen-bond acceptors (Lipinski definition) is 4. The summed E-state index contributed by atoms with van der Waals surface area (Å²) < 4.78 is 15.5. The number of carbonyl (C=O) groups is 1. The lowest BCUT2D eigenvalue weighted by Crippen LogP contribution is -2.31. The Morgan fingerprint density at radius 1 is 1.50 bits per heavy atom. The molecule has 1 saturated heterocycles. The minimum atomic E-state index is -0.186. The van der Waals surface area contributed by atoms with Gasteiger partial charge in [-0.25, -0.2) is 0 Å². The van der Waals surface area contributed by atoms with Crippen LogP contribution in [0.5, 0.6) is 0 Å². The standard InChI is InChI=1S/C10H18O4/c1-2-3-4-14-10(11)7-9-8-12-5-6-13-9/h9H,2-8H2,1H3. The Hall–Kier alpha value is -0.610. The topological polar surface area (TPSA) is 44.8 Å². The molecule has 0 aromatic carbocycles. The zero-order valence-electron chi connectivity index (χ0n) is 8.66. The molecule has 14 heavy (non-hydrogen) atoms. The molecule has 82 valence electrons. The quantitative estimate of drug-likeness (QED) is 0.495. The van der Waals surface area contributed by atoms with Gasteiger partial charge < -0.3 is 14.2 Å². The molecular formula is C10H18O4. The summed E-state index contributed by atoms with van der Waals surface area (Å²) in [6, 6.07) is 0. The van der Waals surface area contributed by atoms with Crippen molar-refractivity contribution in [2.45, 2.75) is 32.3 Å².